The topological polar surface area (TPSA) is 118 Å². The van der Waals surface area contributed by atoms with Crippen molar-refractivity contribution in [1.29, 1.82) is 5.26 Å². The molecule has 0 aliphatic carbocycles. The van der Waals surface area contributed by atoms with Crippen molar-refractivity contribution in [3.8, 4) is 11.8 Å². The van der Waals surface area contributed by atoms with Crippen molar-refractivity contribution in [3.05, 3.63) is 77.1 Å². The maximum atomic E-state index is 13.2. The highest BCUT2D eigenvalue weighted by atomic mass is 32.2. The zero-order valence-electron chi connectivity index (χ0n) is 16.8. The van der Waals surface area contributed by atoms with Crippen molar-refractivity contribution < 1.29 is 17.9 Å². The van der Waals surface area contributed by atoms with Crippen LogP contribution in [-0.4, -0.2) is 36.9 Å². The van der Waals surface area contributed by atoms with Crippen molar-refractivity contribution in [2.75, 3.05) is 19.4 Å². The number of rotatable bonds is 4. The third kappa shape index (κ3) is 3.56. The molecule has 8 nitrogen and oxygen atoms in total. The van der Waals surface area contributed by atoms with E-state index in [4.69, 9.17) is 10.5 Å². The van der Waals surface area contributed by atoms with Crippen LogP contribution >= 0.6 is 0 Å². The number of nitriles is 1. The minimum atomic E-state index is -3.69. The standard InChI is InChI=1S/C22H20N4O4S/c1-30-22(27)21-20(24)17(12-23)14-26(21)18-6-8-19(9-7-18)31(28,29)25-11-10-15-4-2-3-5-16(15)13-25/h2-9,14H,10-11,13,24H2,1H3. The molecule has 0 fully saturated rings. The first-order chi connectivity index (χ1) is 14.9. The predicted octanol–water partition coefficient (Wildman–Crippen LogP) is 2.46. The van der Waals surface area contributed by atoms with Gasteiger partial charge < -0.3 is 15.0 Å². The molecule has 1 aromatic heterocycles. The summed E-state index contributed by atoms with van der Waals surface area (Å²) in [6.07, 6.45) is 2.09. The van der Waals surface area contributed by atoms with E-state index < -0.39 is 16.0 Å². The SMILES string of the molecule is COC(=O)c1c(N)c(C#N)cn1-c1ccc(S(=O)(=O)N2CCc3ccccc3C2)cc1. The molecule has 0 saturated heterocycles. The van der Waals surface area contributed by atoms with Crippen LogP contribution in [0.5, 0.6) is 0 Å². The van der Waals surface area contributed by atoms with Gasteiger partial charge in [-0.05, 0) is 41.8 Å². The number of ether oxygens (including phenoxy) is 1. The Morgan fingerprint density at radius 1 is 1.13 bits per heavy atom. The summed E-state index contributed by atoms with van der Waals surface area (Å²) in [5, 5.41) is 9.24. The highest BCUT2D eigenvalue weighted by Crippen LogP contribution is 2.28. The van der Waals surface area contributed by atoms with Gasteiger partial charge in [-0.1, -0.05) is 24.3 Å². The number of carbonyl (C=O) groups excluding carboxylic acids is 1. The van der Waals surface area contributed by atoms with Crippen LogP contribution in [0.1, 0.15) is 27.2 Å². The molecule has 0 amide bonds. The van der Waals surface area contributed by atoms with Crippen LogP contribution in [0.2, 0.25) is 0 Å². The van der Waals surface area contributed by atoms with Crippen LogP contribution in [0.4, 0.5) is 5.69 Å². The lowest BCUT2D eigenvalue weighted by atomic mass is 10.0. The molecule has 0 saturated carbocycles. The molecule has 0 spiro atoms. The lowest BCUT2D eigenvalue weighted by molar-refractivity contribution is 0.0593. The number of hydrogen-bond acceptors (Lipinski definition) is 6. The predicted molar refractivity (Wildman–Crippen MR) is 114 cm³/mol. The molecular formula is C22H20N4O4S. The second kappa shape index (κ2) is 7.91. The van der Waals surface area contributed by atoms with Crippen LogP contribution in [0, 0.1) is 11.3 Å². The Bertz CT molecular complexity index is 1300. The molecule has 4 rings (SSSR count). The van der Waals surface area contributed by atoms with Gasteiger partial charge in [0.2, 0.25) is 10.0 Å². The Hall–Kier alpha value is -3.61. The van der Waals surface area contributed by atoms with Gasteiger partial charge in [0.25, 0.3) is 0 Å². The van der Waals surface area contributed by atoms with Gasteiger partial charge in [-0.25, -0.2) is 13.2 Å². The summed E-state index contributed by atoms with van der Waals surface area (Å²) in [4.78, 5) is 12.3. The molecule has 0 atom stereocenters. The Balaban J connectivity index is 1.67. The minimum absolute atomic E-state index is 0.0121. The van der Waals surface area contributed by atoms with E-state index in [-0.39, 0.29) is 21.8 Å². The van der Waals surface area contributed by atoms with Gasteiger partial charge in [0, 0.05) is 25.0 Å². The van der Waals surface area contributed by atoms with Crippen LogP contribution < -0.4 is 5.73 Å². The van der Waals surface area contributed by atoms with E-state index in [1.54, 1.807) is 12.1 Å². The largest absolute Gasteiger partial charge is 0.464 e. The zero-order valence-corrected chi connectivity index (χ0v) is 17.6. The quantitative estimate of drug-likeness (QED) is 0.628. The van der Waals surface area contributed by atoms with Gasteiger partial charge in [0.05, 0.1) is 23.3 Å². The molecule has 2 heterocycles. The molecule has 31 heavy (non-hydrogen) atoms. The lowest BCUT2D eigenvalue weighted by Gasteiger charge is -2.28. The summed E-state index contributed by atoms with van der Waals surface area (Å²) >= 11 is 0. The average Bonchev–Trinajstić information content (AvgIpc) is 3.14. The van der Waals surface area contributed by atoms with E-state index in [1.807, 2.05) is 30.3 Å². The molecule has 1 aliphatic heterocycles. The Kier molecular flexibility index (Phi) is 5.27. The van der Waals surface area contributed by atoms with Gasteiger partial charge in [0.15, 0.2) is 5.69 Å². The van der Waals surface area contributed by atoms with Crippen molar-refractivity contribution >= 4 is 21.7 Å². The Labute approximate surface area is 180 Å². The summed E-state index contributed by atoms with van der Waals surface area (Å²) in [5.74, 6) is -0.692. The summed E-state index contributed by atoms with van der Waals surface area (Å²) in [7, 11) is -2.47. The van der Waals surface area contributed by atoms with Crippen molar-refractivity contribution in [2.45, 2.75) is 17.9 Å². The molecule has 9 heteroatoms. The maximum Gasteiger partial charge on any atom is 0.357 e. The van der Waals surface area contributed by atoms with E-state index in [9.17, 15) is 18.5 Å². The fourth-order valence-electron chi connectivity index (χ4n) is 3.72. The third-order valence-corrected chi connectivity index (χ3v) is 7.25. The van der Waals surface area contributed by atoms with E-state index in [0.717, 1.165) is 11.1 Å². The van der Waals surface area contributed by atoms with Crippen molar-refractivity contribution in [3.63, 3.8) is 0 Å². The molecular weight excluding hydrogens is 416 g/mol. The number of nitrogens with two attached hydrogens (primary N) is 1. The van der Waals surface area contributed by atoms with E-state index >= 15 is 0 Å². The molecule has 0 radical (unpaired) electrons. The van der Waals surface area contributed by atoms with Gasteiger partial charge >= 0.3 is 5.97 Å². The first-order valence-corrected chi connectivity index (χ1v) is 11.0. The highest BCUT2D eigenvalue weighted by molar-refractivity contribution is 7.89. The van der Waals surface area contributed by atoms with Gasteiger partial charge in [-0.2, -0.15) is 9.57 Å². The monoisotopic (exact) mass is 436 g/mol. The average molecular weight is 436 g/mol. The fourth-order valence-corrected chi connectivity index (χ4v) is 5.14. The first-order valence-electron chi connectivity index (χ1n) is 9.53. The minimum Gasteiger partial charge on any atom is -0.464 e. The summed E-state index contributed by atoms with van der Waals surface area (Å²) in [6.45, 7) is 0.736. The van der Waals surface area contributed by atoms with E-state index in [1.165, 1.54) is 34.3 Å². The number of anilines is 1. The number of fused-ring (bicyclic) bond motifs is 1. The van der Waals surface area contributed by atoms with Crippen LogP contribution in [-0.2, 0) is 27.7 Å². The van der Waals surface area contributed by atoms with Crippen LogP contribution in [0.15, 0.2) is 59.6 Å². The number of carbonyl (C=O) groups is 1. The van der Waals surface area contributed by atoms with Crippen LogP contribution in [0.25, 0.3) is 5.69 Å². The lowest BCUT2D eigenvalue weighted by Crippen LogP contribution is -2.35. The number of hydrogen-bond donors (Lipinski definition) is 1. The number of esters is 1. The summed E-state index contributed by atoms with van der Waals surface area (Å²) < 4.78 is 34.0. The normalized spacial score (nSPS) is 13.9. The summed E-state index contributed by atoms with van der Waals surface area (Å²) in [5.41, 5.74) is 8.73. The number of sulfonamides is 1. The molecule has 0 unspecified atom stereocenters. The van der Waals surface area contributed by atoms with E-state index in [2.05, 4.69) is 0 Å². The Morgan fingerprint density at radius 2 is 1.81 bits per heavy atom. The number of nitrogens with zero attached hydrogens (tertiary/aromatic N) is 3. The number of nitrogen functional groups attached to an aromatic ring is 1. The van der Waals surface area contributed by atoms with Gasteiger partial charge in [-0.15, -0.1) is 0 Å². The highest BCUT2D eigenvalue weighted by Gasteiger charge is 2.28. The molecule has 2 N–H and O–H groups in total. The molecule has 0 bridgehead atoms. The Morgan fingerprint density at radius 3 is 2.45 bits per heavy atom. The van der Waals surface area contributed by atoms with E-state index in [0.29, 0.717) is 25.2 Å². The van der Waals surface area contributed by atoms with Crippen molar-refractivity contribution in [2.24, 2.45) is 0 Å². The second-order valence-electron chi connectivity index (χ2n) is 7.13. The van der Waals surface area contributed by atoms with Crippen molar-refractivity contribution in [1.82, 2.24) is 8.87 Å². The fraction of sp³-hybridized carbons (Fsp3) is 0.182. The molecule has 158 valence electrons. The number of benzene rings is 2. The summed E-state index contributed by atoms with van der Waals surface area (Å²) in [6, 6.07) is 15.9. The second-order valence-corrected chi connectivity index (χ2v) is 9.07. The molecule has 3 aromatic rings. The van der Waals surface area contributed by atoms with Gasteiger partial charge in [-0.3, -0.25) is 0 Å². The molecule has 2 aromatic carbocycles. The van der Waals surface area contributed by atoms with Gasteiger partial charge in [0.1, 0.15) is 6.07 Å². The zero-order chi connectivity index (χ0) is 22.2. The maximum absolute atomic E-state index is 13.2. The number of methoxy groups -OCH3 is 1. The smallest absolute Gasteiger partial charge is 0.357 e. The first kappa shape index (κ1) is 20.7. The van der Waals surface area contributed by atoms with Crippen LogP contribution in [0.3, 0.4) is 0 Å². The number of aromatic nitrogens is 1. The molecule has 1 aliphatic rings. The third-order valence-electron chi connectivity index (χ3n) is 5.39.